The van der Waals surface area contributed by atoms with Crippen molar-refractivity contribution in [3.63, 3.8) is 0 Å². The Hall–Kier alpha value is -2.47. The first kappa shape index (κ1) is 25.6. The highest BCUT2D eigenvalue weighted by molar-refractivity contribution is 5.97. The molecule has 1 unspecified atom stereocenters. The minimum absolute atomic E-state index is 0.0724. The van der Waals surface area contributed by atoms with Crippen LogP contribution in [-0.2, 0) is 0 Å². The lowest BCUT2D eigenvalue weighted by molar-refractivity contribution is 0.0465. The van der Waals surface area contributed by atoms with Crippen molar-refractivity contribution < 1.29 is 19.7 Å². The van der Waals surface area contributed by atoms with E-state index < -0.39 is 12.2 Å². The first-order chi connectivity index (χ1) is 14.1. The molecule has 0 spiro atoms. The van der Waals surface area contributed by atoms with Crippen molar-refractivity contribution in [2.24, 2.45) is 11.7 Å². The zero-order valence-electron chi connectivity index (χ0n) is 18.3. The molecule has 0 saturated carbocycles. The molecule has 1 aromatic carbocycles. The maximum absolute atomic E-state index is 11.9. The maximum Gasteiger partial charge on any atom is 0.160 e. The topological polar surface area (TPSA) is 92.8 Å². The van der Waals surface area contributed by atoms with Crippen LogP contribution in [0.2, 0.25) is 0 Å². The second-order valence-corrected chi connectivity index (χ2v) is 7.81. The van der Waals surface area contributed by atoms with Gasteiger partial charge in [0.15, 0.2) is 5.78 Å². The number of hydrogen-bond donors (Lipinski definition) is 3. The van der Waals surface area contributed by atoms with Crippen LogP contribution in [-0.4, -0.2) is 41.4 Å². The largest absolute Gasteiger partial charge is 0.489 e. The Balaban J connectivity index is 2.81. The molecule has 0 aromatic heterocycles. The summed E-state index contributed by atoms with van der Waals surface area (Å²) in [6.07, 6.45) is 6.22. The standard InChI is InChI=1S/C25H35NO4/c1-17(2)8-6-9-19(4)25(29)24(28)11-7-10-21-14-22(30-16-18(3)15-26)12-13-23(21)20(5)27/h6-7,9-10,12-14,17,24-25,28-29H,3-4,8,11,15-16,26H2,1-2,5H3/b9-6-,10-7+/t24-,25?/m0/s1. The number of carbonyl (C=O) groups excluding carboxylic acids is 1. The molecule has 0 aliphatic rings. The second kappa shape index (κ2) is 13.0. The first-order valence-electron chi connectivity index (χ1n) is 10.2. The van der Waals surface area contributed by atoms with E-state index in [0.717, 1.165) is 12.0 Å². The van der Waals surface area contributed by atoms with Crippen molar-refractivity contribution in [2.45, 2.75) is 45.8 Å². The summed E-state index contributed by atoms with van der Waals surface area (Å²) < 4.78 is 5.65. The van der Waals surface area contributed by atoms with Crippen LogP contribution < -0.4 is 10.5 Å². The molecule has 4 N–H and O–H groups in total. The van der Waals surface area contributed by atoms with Gasteiger partial charge in [-0.25, -0.2) is 0 Å². The van der Waals surface area contributed by atoms with Crippen LogP contribution in [0.1, 0.15) is 49.5 Å². The fourth-order valence-electron chi connectivity index (χ4n) is 2.63. The van der Waals surface area contributed by atoms with Gasteiger partial charge in [0.2, 0.25) is 0 Å². The van der Waals surface area contributed by atoms with Crippen LogP contribution in [0.15, 0.2) is 60.7 Å². The van der Waals surface area contributed by atoms with Crippen molar-refractivity contribution in [3.05, 3.63) is 71.9 Å². The van der Waals surface area contributed by atoms with E-state index in [1.165, 1.54) is 6.92 Å². The molecular formula is C25H35NO4. The lowest BCUT2D eigenvalue weighted by Gasteiger charge is -2.17. The average Bonchev–Trinajstić information content (AvgIpc) is 2.70. The molecule has 0 radical (unpaired) electrons. The number of ether oxygens (including phenoxy) is 1. The molecule has 0 amide bonds. The highest BCUT2D eigenvalue weighted by atomic mass is 16.5. The number of ketones is 1. The Morgan fingerprint density at radius 3 is 2.50 bits per heavy atom. The van der Waals surface area contributed by atoms with E-state index >= 15 is 0 Å². The zero-order valence-corrected chi connectivity index (χ0v) is 18.3. The molecule has 0 aliphatic heterocycles. The number of carbonyl (C=O) groups is 1. The Morgan fingerprint density at radius 1 is 1.20 bits per heavy atom. The highest BCUT2D eigenvalue weighted by Crippen LogP contribution is 2.21. The van der Waals surface area contributed by atoms with Gasteiger partial charge in [-0.2, -0.15) is 0 Å². The number of allylic oxidation sites excluding steroid dienone is 1. The Bertz CT molecular complexity index is 792. The normalized spacial score (nSPS) is 13.7. The van der Waals surface area contributed by atoms with Gasteiger partial charge < -0.3 is 20.7 Å². The van der Waals surface area contributed by atoms with Gasteiger partial charge >= 0.3 is 0 Å². The van der Waals surface area contributed by atoms with E-state index in [0.29, 0.717) is 41.5 Å². The van der Waals surface area contributed by atoms with Crippen LogP contribution in [0.4, 0.5) is 0 Å². The number of aliphatic hydroxyl groups is 2. The monoisotopic (exact) mass is 413 g/mol. The van der Waals surface area contributed by atoms with E-state index in [1.807, 2.05) is 6.08 Å². The van der Waals surface area contributed by atoms with Crippen molar-refractivity contribution in [2.75, 3.05) is 13.2 Å². The third-order valence-corrected chi connectivity index (χ3v) is 4.49. The molecule has 0 aliphatic carbocycles. The summed E-state index contributed by atoms with van der Waals surface area (Å²) >= 11 is 0. The summed E-state index contributed by atoms with van der Waals surface area (Å²) in [5.74, 6) is 1.04. The molecule has 1 aromatic rings. The van der Waals surface area contributed by atoms with E-state index in [-0.39, 0.29) is 12.2 Å². The van der Waals surface area contributed by atoms with Gasteiger partial charge in [-0.05, 0) is 60.6 Å². The summed E-state index contributed by atoms with van der Waals surface area (Å²) in [5, 5.41) is 20.5. The van der Waals surface area contributed by atoms with E-state index in [4.69, 9.17) is 10.5 Å². The van der Waals surface area contributed by atoms with Crippen LogP contribution >= 0.6 is 0 Å². The van der Waals surface area contributed by atoms with Gasteiger partial charge in [-0.3, -0.25) is 4.79 Å². The summed E-state index contributed by atoms with van der Waals surface area (Å²) in [5.41, 5.74) is 7.98. The van der Waals surface area contributed by atoms with Gasteiger partial charge in [0, 0.05) is 12.1 Å². The molecule has 0 saturated heterocycles. The van der Waals surface area contributed by atoms with Gasteiger partial charge in [0.25, 0.3) is 0 Å². The van der Waals surface area contributed by atoms with E-state index in [1.54, 1.807) is 36.4 Å². The number of benzene rings is 1. The van der Waals surface area contributed by atoms with Crippen molar-refractivity contribution in [1.82, 2.24) is 0 Å². The average molecular weight is 414 g/mol. The Morgan fingerprint density at radius 2 is 1.90 bits per heavy atom. The lowest BCUT2D eigenvalue weighted by Crippen LogP contribution is -2.26. The number of rotatable bonds is 13. The first-order valence-corrected chi connectivity index (χ1v) is 10.2. The van der Waals surface area contributed by atoms with Crippen molar-refractivity contribution in [1.29, 1.82) is 0 Å². The number of aliphatic hydroxyl groups excluding tert-OH is 2. The van der Waals surface area contributed by atoms with Crippen LogP contribution in [0.3, 0.4) is 0 Å². The molecule has 0 fully saturated rings. The molecule has 2 atom stereocenters. The number of nitrogens with two attached hydrogens (primary N) is 1. The van der Waals surface area contributed by atoms with Crippen LogP contribution in [0.5, 0.6) is 5.75 Å². The van der Waals surface area contributed by atoms with Gasteiger partial charge in [0.1, 0.15) is 18.5 Å². The van der Waals surface area contributed by atoms with Crippen molar-refractivity contribution >= 4 is 11.9 Å². The molecule has 5 nitrogen and oxygen atoms in total. The number of hydrogen-bond acceptors (Lipinski definition) is 5. The fraction of sp³-hybridized carbons (Fsp3) is 0.400. The molecule has 1 rings (SSSR count). The van der Waals surface area contributed by atoms with Crippen LogP contribution in [0.25, 0.3) is 6.08 Å². The van der Waals surface area contributed by atoms with Gasteiger partial charge in [-0.1, -0.05) is 51.3 Å². The second-order valence-electron chi connectivity index (χ2n) is 7.81. The van der Waals surface area contributed by atoms with E-state index in [2.05, 4.69) is 27.0 Å². The highest BCUT2D eigenvalue weighted by Gasteiger charge is 2.16. The summed E-state index contributed by atoms with van der Waals surface area (Å²) in [7, 11) is 0. The smallest absolute Gasteiger partial charge is 0.160 e. The zero-order chi connectivity index (χ0) is 22.7. The maximum atomic E-state index is 11.9. The third kappa shape index (κ3) is 8.91. The minimum atomic E-state index is -1.05. The Kier molecular flexibility index (Phi) is 11.0. The number of Topliss-reactive ketones (excluding diaryl/α,β-unsaturated/α-hetero) is 1. The third-order valence-electron chi connectivity index (χ3n) is 4.49. The van der Waals surface area contributed by atoms with Gasteiger partial charge in [0.05, 0.1) is 6.10 Å². The predicted molar refractivity (Wildman–Crippen MR) is 124 cm³/mol. The Labute approximate surface area is 180 Å². The van der Waals surface area contributed by atoms with Crippen molar-refractivity contribution in [3.8, 4) is 5.75 Å². The molecular weight excluding hydrogens is 378 g/mol. The molecule has 0 bridgehead atoms. The lowest BCUT2D eigenvalue weighted by atomic mass is 10.00. The SMILES string of the molecule is C=C(CN)COc1ccc(C(C)=O)c(/C=C/C[C@H](O)C(O)C(=C)/C=C\CC(C)C)c1. The molecule has 164 valence electrons. The van der Waals surface area contributed by atoms with E-state index in [9.17, 15) is 15.0 Å². The molecule has 0 heterocycles. The molecule has 5 heteroatoms. The quantitative estimate of drug-likeness (QED) is 0.258. The summed E-state index contributed by atoms with van der Waals surface area (Å²) in [6.45, 7) is 14.0. The van der Waals surface area contributed by atoms with Crippen LogP contribution in [0, 0.1) is 5.92 Å². The minimum Gasteiger partial charge on any atom is -0.489 e. The summed E-state index contributed by atoms with van der Waals surface area (Å²) in [6, 6.07) is 5.19. The predicted octanol–water partition coefficient (Wildman–Crippen LogP) is 4.07. The fourth-order valence-corrected chi connectivity index (χ4v) is 2.63. The molecule has 30 heavy (non-hydrogen) atoms. The van der Waals surface area contributed by atoms with Gasteiger partial charge in [-0.15, -0.1) is 0 Å². The summed E-state index contributed by atoms with van der Waals surface area (Å²) in [4.78, 5) is 11.9.